The maximum atomic E-state index is 13.8. The van der Waals surface area contributed by atoms with Gasteiger partial charge in [-0.3, -0.25) is 4.79 Å². The van der Waals surface area contributed by atoms with E-state index in [-0.39, 0.29) is 17.2 Å². The van der Waals surface area contributed by atoms with Crippen molar-refractivity contribution in [3.8, 4) is 0 Å². The highest BCUT2D eigenvalue weighted by Gasteiger charge is 2.49. The Bertz CT molecular complexity index is 1660. The Kier molecular flexibility index (Phi) is 6.42. The van der Waals surface area contributed by atoms with Crippen LogP contribution in [0, 0.1) is 5.41 Å². The average Bonchev–Trinajstić information content (AvgIpc) is 3.88. The zero-order valence-corrected chi connectivity index (χ0v) is 24.3. The monoisotopic (exact) mass is 568 g/mol. The van der Waals surface area contributed by atoms with Gasteiger partial charge in [0.15, 0.2) is 0 Å². The molecule has 2 atom stereocenters. The number of aromatic nitrogens is 2. The molecule has 0 radical (unpaired) electrons. The Morgan fingerprint density at radius 3 is 2.05 bits per heavy atom. The molecule has 0 bridgehead atoms. The summed E-state index contributed by atoms with van der Waals surface area (Å²) in [4.78, 5) is 15.8. The van der Waals surface area contributed by atoms with Crippen molar-refractivity contribution in [2.45, 2.75) is 30.7 Å². The summed E-state index contributed by atoms with van der Waals surface area (Å²) in [5.41, 5.74) is 5.50. The zero-order valence-electron chi connectivity index (χ0n) is 24.3. The molecule has 5 aromatic rings. The number of amides is 1. The number of ether oxygens (including phenoxy) is 1. The molecule has 4 heterocycles. The van der Waals surface area contributed by atoms with E-state index in [1.165, 1.54) is 0 Å². The number of anilines is 1. The number of carbonyl (C=O) groups excluding carboxylic acids is 1. The Morgan fingerprint density at radius 1 is 0.837 bits per heavy atom. The summed E-state index contributed by atoms with van der Waals surface area (Å²) in [7, 11) is 0. The maximum absolute atomic E-state index is 13.8. The van der Waals surface area contributed by atoms with Gasteiger partial charge in [-0.25, -0.2) is 4.68 Å². The first-order valence-corrected chi connectivity index (χ1v) is 15.5. The predicted octanol–water partition coefficient (Wildman–Crippen LogP) is 6.10. The third-order valence-electron chi connectivity index (χ3n) is 9.97. The van der Waals surface area contributed by atoms with Crippen LogP contribution >= 0.6 is 0 Å². The van der Waals surface area contributed by atoms with Gasteiger partial charge in [-0.1, -0.05) is 91.0 Å². The Hall–Kier alpha value is -4.26. The van der Waals surface area contributed by atoms with Crippen LogP contribution in [0.25, 0.3) is 10.9 Å². The van der Waals surface area contributed by atoms with Gasteiger partial charge in [0.2, 0.25) is 5.91 Å². The lowest BCUT2D eigenvalue weighted by atomic mass is 9.77. The standard InChI is InChI=1S/C37H36N4O2/c42-35-36(19-21-38-26-36)20-22-40(35)31-16-17-33-32(24-31)34(27-18-23-43-25-27)39-41(33)37(28-10-4-1-5-11-28,29-12-6-2-7-13-29)30-14-8-3-9-15-30/h1-17,24,27,38H,18-23,25-26H2/t27?,36-/m0/s1. The molecule has 3 fully saturated rings. The molecule has 43 heavy (non-hydrogen) atoms. The number of benzene rings is 4. The zero-order chi connectivity index (χ0) is 28.9. The van der Waals surface area contributed by atoms with Crippen molar-refractivity contribution in [3.63, 3.8) is 0 Å². The van der Waals surface area contributed by atoms with Crippen molar-refractivity contribution in [2.75, 3.05) is 37.7 Å². The number of hydrogen-bond donors (Lipinski definition) is 1. The summed E-state index contributed by atoms with van der Waals surface area (Å²) >= 11 is 0. The molecule has 216 valence electrons. The molecule has 3 saturated heterocycles. The van der Waals surface area contributed by atoms with Gasteiger partial charge in [0.25, 0.3) is 0 Å². The van der Waals surface area contributed by atoms with Crippen LogP contribution in [0.5, 0.6) is 0 Å². The van der Waals surface area contributed by atoms with Crippen molar-refractivity contribution in [1.82, 2.24) is 15.1 Å². The highest BCUT2D eigenvalue weighted by atomic mass is 16.5. The fraction of sp³-hybridized carbons (Fsp3) is 0.297. The molecular weight excluding hydrogens is 532 g/mol. The molecule has 1 aromatic heterocycles. The third-order valence-corrected chi connectivity index (χ3v) is 9.97. The van der Waals surface area contributed by atoms with Crippen molar-refractivity contribution >= 4 is 22.5 Å². The summed E-state index contributed by atoms with van der Waals surface area (Å²) < 4.78 is 8.14. The van der Waals surface area contributed by atoms with E-state index in [1.807, 2.05) is 4.90 Å². The minimum absolute atomic E-state index is 0.193. The van der Waals surface area contributed by atoms with E-state index in [0.717, 1.165) is 84.5 Å². The van der Waals surface area contributed by atoms with Gasteiger partial charge in [-0.05, 0) is 60.7 Å². The van der Waals surface area contributed by atoms with E-state index >= 15 is 0 Å². The molecule has 8 rings (SSSR count). The van der Waals surface area contributed by atoms with Crippen LogP contribution in [-0.2, 0) is 15.1 Å². The first-order valence-electron chi connectivity index (χ1n) is 15.5. The molecule has 0 saturated carbocycles. The molecule has 1 unspecified atom stereocenters. The second-order valence-electron chi connectivity index (χ2n) is 12.3. The van der Waals surface area contributed by atoms with E-state index in [4.69, 9.17) is 9.84 Å². The molecule has 1 spiro atoms. The molecule has 0 aliphatic carbocycles. The fourth-order valence-electron chi connectivity index (χ4n) is 7.72. The van der Waals surface area contributed by atoms with Crippen molar-refractivity contribution in [2.24, 2.45) is 5.41 Å². The number of hydrogen-bond acceptors (Lipinski definition) is 4. The smallest absolute Gasteiger partial charge is 0.234 e. The van der Waals surface area contributed by atoms with E-state index in [2.05, 4.69) is 119 Å². The van der Waals surface area contributed by atoms with Gasteiger partial charge >= 0.3 is 0 Å². The number of fused-ring (bicyclic) bond motifs is 1. The average molecular weight is 569 g/mol. The largest absolute Gasteiger partial charge is 0.381 e. The Labute approximate surface area is 252 Å². The van der Waals surface area contributed by atoms with Crippen molar-refractivity contribution in [1.29, 1.82) is 0 Å². The number of nitrogens with zero attached hydrogens (tertiary/aromatic N) is 3. The lowest BCUT2D eigenvalue weighted by Gasteiger charge is -2.37. The minimum atomic E-state index is -0.718. The highest BCUT2D eigenvalue weighted by Crippen LogP contribution is 2.46. The second-order valence-corrected chi connectivity index (χ2v) is 12.3. The summed E-state index contributed by atoms with van der Waals surface area (Å²) in [5, 5.41) is 10.1. The van der Waals surface area contributed by atoms with E-state index < -0.39 is 5.54 Å². The van der Waals surface area contributed by atoms with E-state index in [9.17, 15) is 4.79 Å². The van der Waals surface area contributed by atoms with Gasteiger partial charge in [-0.15, -0.1) is 0 Å². The van der Waals surface area contributed by atoms with Gasteiger partial charge in [0, 0.05) is 36.7 Å². The van der Waals surface area contributed by atoms with Gasteiger partial charge in [0.05, 0.1) is 23.2 Å². The van der Waals surface area contributed by atoms with Crippen LogP contribution < -0.4 is 10.2 Å². The Morgan fingerprint density at radius 2 is 1.49 bits per heavy atom. The lowest BCUT2D eigenvalue weighted by molar-refractivity contribution is -0.124. The molecule has 6 nitrogen and oxygen atoms in total. The normalized spacial score (nSPS) is 22.3. The van der Waals surface area contributed by atoms with Gasteiger partial charge in [0.1, 0.15) is 5.54 Å². The van der Waals surface area contributed by atoms with Crippen LogP contribution in [0.1, 0.15) is 47.6 Å². The van der Waals surface area contributed by atoms with E-state index in [0.29, 0.717) is 6.61 Å². The van der Waals surface area contributed by atoms with Crippen LogP contribution in [0.15, 0.2) is 109 Å². The van der Waals surface area contributed by atoms with Crippen LogP contribution in [0.2, 0.25) is 0 Å². The minimum Gasteiger partial charge on any atom is -0.381 e. The molecule has 4 aromatic carbocycles. The van der Waals surface area contributed by atoms with Crippen LogP contribution in [0.4, 0.5) is 5.69 Å². The molecular formula is C37H36N4O2. The topological polar surface area (TPSA) is 59.4 Å². The molecule has 1 amide bonds. The summed E-state index contributed by atoms with van der Waals surface area (Å²) in [6, 6.07) is 38.6. The predicted molar refractivity (Wildman–Crippen MR) is 169 cm³/mol. The third kappa shape index (κ3) is 4.08. The maximum Gasteiger partial charge on any atom is 0.234 e. The highest BCUT2D eigenvalue weighted by molar-refractivity contribution is 6.02. The molecule has 3 aliphatic heterocycles. The van der Waals surface area contributed by atoms with Crippen molar-refractivity contribution < 1.29 is 9.53 Å². The number of nitrogens with one attached hydrogen (secondary N) is 1. The van der Waals surface area contributed by atoms with Crippen molar-refractivity contribution in [3.05, 3.63) is 132 Å². The lowest BCUT2D eigenvalue weighted by Crippen LogP contribution is -2.38. The number of rotatable bonds is 6. The van der Waals surface area contributed by atoms with Crippen LogP contribution in [-0.4, -0.2) is 48.5 Å². The summed E-state index contributed by atoms with van der Waals surface area (Å²) in [5.74, 6) is 0.445. The SMILES string of the molecule is O=C1N(c2ccc3c(c2)c(C2CCOC2)nn3C(c2ccccc2)(c2ccccc2)c2ccccc2)CC[C@]12CCNC2. The fourth-order valence-corrected chi connectivity index (χ4v) is 7.72. The second kappa shape index (κ2) is 10.5. The summed E-state index contributed by atoms with van der Waals surface area (Å²) in [6.45, 7) is 3.84. The van der Waals surface area contributed by atoms with Gasteiger partial charge < -0.3 is 15.0 Å². The van der Waals surface area contributed by atoms with Gasteiger partial charge in [-0.2, -0.15) is 5.10 Å². The summed E-state index contributed by atoms with van der Waals surface area (Å²) in [6.07, 6.45) is 2.75. The van der Waals surface area contributed by atoms with E-state index in [1.54, 1.807) is 0 Å². The number of carbonyl (C=O) groups is 1. The first-order chi connectivity index (χ1) is 21.2. The first kappa shape index (κ1) is 26.4. The Balaban J connectivity index is 1.39. The molecule has 6 heteroatoms. The molecule has 1 N–H and O–H groups in total. The van der Waals surface area contributed by atoms with Crippen LogP contribution in [0.3, 0.4) is 0 Å². The molecule has 3 aliphatic rings. The quantitative estimate of drug-likeness (QED) is 0.252.